The molecule has 1 heterocycles. The normalized spacial score (nSPS) is 18.1. The van der Waals surface area contributed by atoms with E-state index in [1.54, 1.807) is 12.1 Å². The van der Waals surface area contributed by atoms with Crippen LogP contribution in [0, 0.1) is 11.6 Å². The lowest BCUT2D eigenvalue weighted by molar-refractivity contribution is 0.0400. The molecule has 0 spiro atoms. The van der Waals surface area contributed by atoms with Gasteiger partial charge in [0.25, 0.3) is 0 Å². The molecule has 1 aliphatic heterocycles. The fourth-order valence-corrected chi connectivity index (χ4v) is 2.87. The smallest absolute Gasteiger partial charge is 0.163 e. The van der Waals surface area contributed by atoms with Gasteiger partial charge in [-0.2, -0.15) is 0 Å². The van der Waals surface area contributed by atoms with Gasteiger partial charge >= 0.3 is 0 Å². The molecule has 1 atom stereocenters. The Hall–Kier alpha value is -1.04. The molecule has 118 valence electrons. The molecule has 0 bridgehead atoms. The molecule has 0 radical (unpaired) electrons. The quantitative estimate of drug-likeness (QED) is 0.874. The van der Waals surface area contributed by atoms with Gasteiger partial charge in [0.2, 0.25) is 0 Å². The summed E-state index contributed by atoms with van der Waals surface area (Å²) in [5, 5.41) is 3.26. The van der Waals surface area contributed by atoms with Crippen LogP contribution in [0.25, 0.3) is 0 Å². The molecule has 1 aromatic carbocycles. The average Bonchev–Trinajstić information content (AvgIpc) is 2.50. The van der Waals surface area contributed by atoms with Crippen molar-refractivity contribution in [3.63, 3.8) is 0 Å². The fourth-order valence-electron chi connectivity index (χ4n) is 2.87. The van der Waals surface area contributed by atoms with Crippen molar-refractivity contribution >= 4 is 0 Å². The molecule has 1 saturated heterocycles. The monoisotopic (exact) mass is 298 g/mol. The molecule has 1 N–H and O–H groups in total. The van der Waals surface area contributed by atoms with E-state index in [0.717, 1.165) is 32.1 Å². The standard InChI is InChI=1S/C16H24F2N2O/c1-3-19-15(13-5-4-6-14(17)16(13)18)11-20(2)12-7-9-21-10-8-12/h4-6,12,15,19H,3,7-11H2,1-2H3. The topological polar surface area (TPSA) is 24.5 Å². The van der Waals surface area contributed by atoms with Crippen LogP contribution in [0.5, 0.6) is 0 Å². The summed E-state index contributed by atoms with van der Waals surface area (Å²) in [6.45, 7) is 4.88. The first-order chi connectivity index (χ1) is 10.1. The molecule has 3 nitrogen and oxygen atoms in total. The van der Waals surface area contributed by atoms with Crippen LogP contribution in [0.3, 0.4) is 0 Å². The van der Waals surface area contributed by atoms with Gasteiger partial charge in [-0.3, -0.25) is 0 Å². The summed E-state index contributed by atoms with van der Waals surface area (Å²) in [5.41, 5.74) is 0.399. The maximum absolute atomic E-state index is 14.0. The Bertz CT molecular complexity index is 450. The highest BCUT2D eigenvalue weighted by molar-refractivity contribution is 5.23. The van der Waals surface area contributed by atoms with Crippen LogP contribution in [0.4, 0.5) is 8.78 Å². The minimum Gasteiger partial charge on any atom is -0.381 e. The lowest BCUT2D eigenvalue weighted by Gasteiger charge is -2.34. The Morgan fingerprint density at radius 2 is 2.05 bits per heavy atom. The van der Waals surface area contributed by atoms with Crippen molar-refractivity contribution in [1.29, 1.82) is 0 Å². The van der Waals surface area contributed by atoms with Gasteiger partial charge in [0.05, 0.1) is 0 Å². The highest BCUT2D eigenvalue weighted by atomic mass is 19.2. The number of halogens is 2. The summed E-state index contributed by atoms with van der Waals surface area (Å²) in [7, 11) is 2.04. The van der Waals surface area contributed by atoms with Crippen LogP contribution in [-0.4, -0.2) is 44.3 Å². The minimum absolute atomic E-state index is 0.210. The second-order valence-corrected chi connectivity index (χ2v) is 5.54. The number of nitrogens with one attached hydrogen (secondary N) is 1. The number of hydrogen-bond acceptors (Lipinski definition) is 3. The average molecular weight is 298 g/mol. The first-order valence-electron chi connectivity index (χ1n) is 7.58. The van der Waals surface area contributed by atoms with Crippen LogP contribution >= 0.6 is 0 Å². The maximum Gasteiger partial charge on any atom is 0.163 e. The van der Waals surface area contributed by atoms with Crippen molar-refractivity contribution in [3.05, 3.63) is 35.4 Å². The van der Waals surface area contributed by atoms with E-state index in [1.807, 2.05) is 14.0 Å². The van der Waals surface area contributed by atoms with Gasteiger partial charge in [-0.25, -0.2) is 8.78 Å². The first-order valence-corrected chi connectivity index (χ1v) is 7.58. The number of rotatable bonds is 6. The van der Waals surface area contributed by atoms with Crippen LogP contribution < -0.4 is 5.32 Å². The van der Waals surface area contributed by atoms with Gasteiger partial charge in [0, 0.05) is 37.4 Å². The summed E-state index contributed by atoms with van der Waals surface area (Å²) >= 11 is 0. The molecule has 1 unspecified atom stereocenters. The minimum atomic E-state index is -0.788. The molecule has 21 heavy (non-hydrogen) atoms. The number of benzene rings is 1. The van der Waals surface area contributed by atoms with E-state index in [1.165, 1.54) is 0 Å². The summed E-state index contributed by atoms with van der Waals surface area (Å²) in [6.07, 6.45) is 1.97. The van der Waals surface area contributed by atoms with Gasteiger partial charge in [-0.1, -0.05) is 19.1 Å². The second-order valence-electron chi connectivity index (χ2n) is 5.54. The molecule has 1 fully saturated rings. The maximum atomic E-state index is 14.0. The second kappa shape index (κ2) is 7.82. The van der Waals surface area contributed by atoms with Crippen LogP contribution in [0.2, 0.25) is 0 Å². The SMILES string of the molecule is CCNC(CN(C)C1CCOCC1)c1cccc(F)c1F. The molecule has 0 aliphatic carbocycles. The number of ether oxygens (including phenoxy) is 1. The predicted octanol–water partition coefficient (Wildman–Crippen LogP) is 2.73. The van der Waals surface area contributed by atoms with E-state index in [4.69, 9.17) is 4.74 Å². The summed E-state index contributed by atoms with van der Waals surface area (Å²) in [6, 6.07) is 4.61. The third kappa shape index (κ3) is 4.22. The summed E-state index contributed by atoms with van der Waals surface area (Å²) in [5.74, 6) is -1.53. The highest BCUT2D eigenvalue weighted by Crippen LogP contribution is 2.22. The molecule has 0 saturated carbocycles. The third-order valence-corrected chi connectivity index (χ3v) is 4.09. The zero-order valence-electron chi connectivity index (χ0n) is 12.7. The molecule has 1 aromatic rings. The van der Waals surface area contributed by atoms with Crippen molar-refractivity contribution in [3.8, 4) is 0 Å². The van der Waals surface area contributed by atoms with E-state index in [0.29, 0.717) is 24.7 Å². The van der Waals surface area contributed by atoms with Gasteiger partial charge in [0.15, 0.2) is 11.6 Å². The van der Waals surface area contributed by atoms with Gasteiger partial charge < -0.3 is 15.0 Å². The Kier molecular flexibility index (Phi) is 6.08. The van der Waals surface area contributed by atoms with Crippen LogP contribution in [-0.2, 0) is 4.74 Å². The molecule has 1 aliphatic rings. The molecule has 5 heteroatoms. The zero-order valence-corrected chi connectivity index (χ0v) is 12.7. The summed E-state index contributed by atoms with van der Waals surface area (Å²) < 4.78 is 32.8. The number of likely N-dealkylation sites (N-methyl/N-ethyl adjacent to an activating group) is 2. The van der Waals surface area contributed by atoms with Crippen LogP contribution in [0.1, 0.15) is 31.4 Å². The fraction of sp³-hybridized carbons (Fsp3) is 0.625. The van der Waals surface area contributed by atoms with Crippen molar-refractivity contribution < 1.29 is 13.5 Å². The Balaban J connectivity index is 2.09. The summed E-state index contributed by atoms with van der Waals surface area (Å²) in [4.78, 5) is 2.22. The Morgan fingerprint density at radius 3 is 2.71 bits per heavy atom. The molecular formula is C16H24F2N2O. The zero-order chi connectivity index (χ0) is 15.2. The van der Waals surface area contributed by atoms with E-state index in [-0.39, 0.29) is 6.04 Å². The Labute approximate surface area is 125 Å². The lowest BCUT2D eigenvalue weighted by Crippen LogP contribution is -2.42. The van der Waals surface area contributed by atoms with Crippen molar-refractivity contribution in [2.24, 2.45) is 0 Å². The van der Waals surface area contributed by atoms with Gasteiger partial charge in [-0.05, 0) is 32.5 Å². The van der Waals surface area contributed by atoms with E-state index in [2.05, 4.69) is 10.2 Å². The van der Waals surface area contributed by atoms with Crippen molar-refractivity contribution in [1.82, 2.24) is 10.2 Å². The molecule has 2 rings (SSSR count). The Morgan fingerprint density at radius 1 is 1.33 bits per heavy atom. The highest BCUT2D eigenvalue weighted by Gasteiger charge is 2.24. The molecular weight excluding hydrogens is 274 g/mol. The van der Waals surface area contributed by atoms with Crippen LogP contribution in [0.15, 0.2) is 18.2 Å². The predicted molar refractivity (Wildman–Crippen MR) is 79.2 cm³/mol. The van der Waals surface area contributed by atoms with E-state index in [9.17, 15) is 8.78 Å². The largest absolute Gasteiger partial charge is 0.381 e. The molecule has 0 amide bonds. The number of nitrogens with zero attached hydrogens (tertiary/aromatic N) is 1. The van der Waals surface area contributed by atoms with Gasteiger partial charge in [0.1, 0.15) is 0 Å². The third-order valence-electron chi connectivity index (χ3n) is 4.09. The lowest BCUT2D eigenvalue weighted by atomic mass is 10.0. The number of hydrogen-bond donors (Lipinski definition) is 1. The van der Waals surface area contributed by atoms with Crippen molar-refractivity contribution in [2.45, 2.75) is 31.8 Å². The first kappa shape index (κ1) is 16.3. The van der Waals surface area contributed by atoms with Gasteiger partial charge in [-0.15, -0.1) is 0 Å². The van der Waals surface area contributed by atoms with Crippen molar-refractivity contribution in [2.75, 3.05) is 33.4 Å². The molecule has 0 aromatic heterocycles. The van der Waals surface area contributed by atoms with E-state index >= 15 is 0 Å². The van der Waals surface area contributed by atoms with E-state index < -0.39 is 11.6 Å².